The zero-order chi connectivity index (χ0) is 19.3. The minimum Gasteiger partial charge on any atom is -0.497 e. The van der Waals surface area contributed by atoms with Gasteiger partial charge in [0, 0.05) is 12.1 Å². The van der Waals surface area contributed by atoms with E-state index in [0.717, 1.165) is 17.4 Å². The Labute approximate surface area is 152 Å². The van der Waals surface area contributed by atoms with Crippen molar-refractivity contribution < 1.29 is 14.6 Å². The van der Waals surface area contributed by atoms with Gasteiger partial charge in [-0.05, 0) is 43.2 Å². The Kier molecular flexibility index (Phi) is 6.18. The monoisotopic (exact) mass is 354 g/mol. The average Bonchev–Trinajstić information content (AvgIpc) is 2.65. The van der Waals surface area contributed by atoms with Crippen LogP contribution in [-0.4, -0.2) is 22.6 Å². The number of unbranched alkanes of at least 4 members (excludes halogenated alkanes) is 2. The van der Waals surface area contributed by atoms with Crippen molar-refractivity contribution in [2.45, 2.75) is 39.7 Å². The van der Waals surface area contributed by atoms with Crippen LogP contribution in [0.3, 0.4) is 0 Å². The number of ether oxygens (including phenoxy) is 1. The molecule has 2 aromatic rings. The van der Waals surface area contributed by atoms with Gasteiger partial charge in [-0.25, -0.2) is 0 Å². The molecule has 0 saturated carbocycles. The first kappa shape index (κ1) is 19.3. The van der Waals surface area contributed by atoms with Gasteiger partial charge in [0.2, 0.25) is 5.88 Å². The Balaban J connectivity index is 2.59. The predicted molar refractivity (Wildman–Crippen MR) is 97.8 cm³/mol. The lowest BCUT2D eigenvalue weighted by molar-refractivity contribution is 0.103. The van der Waals surface area contributed by atoms with Crippen LogP contribution in [0.15, 0.2) is 29.1 Å². The van der Waals surface area contributed by atoms with Crippen LogP contribution >= 0.6 is 0 Å². The summed E-state index contributed by atoms with van der Waals surface area (Å²) >= 11 is 0. The molecule has 6 heteroatoms. The summed E-state index contributed by atoms with van der Waals surface area (Å²) in [5.74, 6) is -0.225. The first-order valence-corrected chi connectivity index (χ1v) is 8.51. The molecule has 0 saturated heterocycles. The molecule has 136 valence electrons. The second-order valence-electron chi connectivity index (χ2n) is 6.03. The molecule has 2 rings (SSSR count). The molecule has 6 nitrogen and oxygen atoms in total. The van der Waals surface area contributed by atoms with Crippen LogP contribution in [0, 0.1) is 18.3 Å². The van der Waals surface area contributed by atoms with E-state index in [2.05, 4.69) is 0 Å². The lowest BCUT2D eigenvalue weighted by Crippen LogP contribution is -2.27. The number of aromatic hydroxyl groups is 1. The van der Waals surface area contributed by atoms with Crippen molar-refractivity contribution >= 4 is 5.78 Å². The molecule has 0 amide bonds. The molecule has 1 aromatic heterocycles. The zero-order valence-corrected chi connectivity index (χ0v) is 15.2. The van der Waals surface area contributed by atoms with Gasteiger partial charge in [0.05, 0.1) is 12.7 Å². The van der Waals surface area contributed by atoms with Crippen molar-refractivity contribution in [3.8, 4) is 17.7 Å². The van der Waals surface area contributed by atoms with E-state index in [1.807, 2.05) is 13.0 Å². The highest BCUT2D eigenvalue weighted by molar-refractivity contribution is 6.11. The highest BCUT2D eigenvalue weighted by Gasteiger charge is 2.24. The number of nitriles is 1. The largest absolute Gasteiger partial charge is 0.497 e. The van der Waals surface area contributed by atoms with Gasteiger partial charge in [-0.15, -0.1) is 0 Å². The van der Waals surface area contributed by atoms with Crippen LogP contribution < -0.4 is 10.3 Å². The number of benzene rings is 1. The van der Waals surface area contributed by atoms with E-state index in [1.54, 1.807) is 24.3 Å². The number of carbonyl (C=O) groups is 1. The fourth-order valence-electron chi connectivity index (χ4n) is 2.84. The van der Waals surface area contributed by atoms with E-state index in [9.17, 15) is 20.0 Å². The Hall–Kier alpha value is -3.07. The van der Waals surface area contributed by atoms with Gasteiger partial charge in [0.25, 0.3) is 5.56 Å². The van der Waals surface area contributed by atoms with E-state index < -0.39 is 11.3 Å². The molecule has 1 heterocycles. The minimum absolute atomic E-state index is 0.0113. The molecular weight excluding hydrogens is 332 g/mol. The van der Waals surface area contributed by atoms with Gasteiger partial charge in [-0.1, -0.05) is 19.8 Å². The van der Waals surface area contributed by atoms with Gasteiger partial charge < -0.3 is 9.84 Å². The maximum atomic E-state index is 12.9. The molecule has 0 spiro atoms. The molecule has 1 aromatic carbocycles. The number of aromatic nitrogens is 1. The molecule has 26 heavy (non-hydrogen) atoms. The molecule has 0 unspecified atom stereocenters. The molecular formula is C20H22N2O4. The number of ketones is 1. The summed E-state index contributed by atoms with van der Waals surface area (Å²) in [5.41, 5.74) is -0.154. The summed E-state index contributed by atoms with van der Waals surface area (Å²) < 4.78 is 6.20. The summed E-state index contributed by atoms with van der Waals surface area (Å²) in [6, 6.07) is 8.32. The Morgan fingerprint density at radius 1 is 1.27 bits per heavy atom. The zero-order valence-electron chi connectivity index (χ0n) is 15.2. The molecule has 1 N–H and O–H groups in total. The smallest absolute Gasteiger partial charge is 0.271 e. The number of methoxy groups -OCH3 is 1. The third-order valence-electron chi connectivity index (χ3n) is 4.36. The second-order valence-corrected chi connectivity index (χ2v) is 6.03. The molecule has 0 atom stereocenters. The summed E-state index contributed by atoms with van der Waals surface area (Å²) in [6.07, 6.45) is 2.50. The number of hydrogen-bond donors (Lipinski definition) is 1. The lowest BCUT2D eigenvalue weighted by Gasteiger charge is -2.15. The number of hydrogen-bond acceptors (Lipinski definition) is 5. The summed E-state index contributed by atoms with van der Waals surface area (Å²) in [7, 11) is 1.53. The summed E-state index contributed by atoms with van der Waals surface area (Å²) in [4.78, 5) is 25.4. The van der Waals surface area contributed by atoms with E-state index in [-0.39, 0.29) is 29.1 Å². The van der Waals surface area contributed by atoms with Crippen molar-refractivity contribution in [1.82, 2.24) is 4.57 Å². The van der Waals surface area contributed by atoms with Gasteiger partial charge in [0.15, 0.2) is 5.78 Å². The minimum atomic E-state index is -0.565. The van der Waals surface area contributed by atoms with Crippen molar-refractivity contribution in [3.63, 3.8) is 0 Å². The van der Waals surface area contributed by atoms with Crippen molar-refractivity contribution in [3.05, 3.63) is 56.9 Å². The summed E-state index contributed by atoms with van der Waals surface area (Å²) in [6.45, 7) is 3.79. The Bertz CT molecular complexity index is 905. The quantitative estimate of drug-likeness (QED) is 0.609. The maximum Gasteiger partial charge on any atom is 0.271 e. The van der Waals surface area contributed by atoms with Gasteiger partial charge in [-0.3, -0.25) is 14.2 Å². The topological polar surface area (TPSA) is 92.3 Å². The summed E-state index contributed by atoms with van der Waals surface area (Å²) in [5, 5.41) is 20.0. The van der Waals surface area contributed by atoms with E-state index >= 15 is 0 Å². The molecule has 0 fully saturated rings. The molecule has 0 aliphatic rings. The SMILES string of the molecule is CCCCCn1c(O)c(C(=O)c2ccc(OC)cc2)c(C)c(C#N)c1=O. The normalized spacial score (nSPS) is 10.4. The Morgan fingerprint density at radius 2 is 1.92 bits per heavy atom. The standard InChI is InChI=1S/C20H22N2O4/c1-4-5-6-11-22-19(24)16(12-21)13(2)17(20(22)25)18(23)14-7-9-15(26-3)10-8-14/h7-10,25H,4-6,11H2,1-3H3. The fourth-order valence-corrected chi connectivity index (χ4v) is 2.84. The maximum absolute atomic E-state index is 12.9. The lowest BCUT2D eigenvalue weighted by atomic mass is 9.97. The number of nitrogens with zero attached hydrogens (tertiary/aromatic N) is 2. The molecule has 0 bridgehead atoms. The number of carbonyl (C=O) groups excluding carboxylic acids is 1. The van der Waals surface area contributed by atoms with Crippen LogP contribution in [0.1, 0.15) is 53.2 Å². The van der Waals surface area contributed by atoms with Crippen LogP contribution in [0.25, 0.3) is 0 Å². The predicted octanol–water partition coefficient (Wildman–Crippen LogP) is 3.16. The highest BCUT2D eigenvalue weighted by Crippen LogP contribution is 2.26. The van der Waals surface area contributed by atoms with Crippen LogP contribution in [-0.2, 0) is 6.54 Å². The molecule has 0 radical (unpaired) electrons. The first-order valence-electron chi connectivity index (χ1n) is 8.51. The fraction of sp³-hybridized carbons (Fsp3) is 0.350. The van der Waals surface area contributed by atoms with Crippen molar-refractivity contribution in [2.75, 3.05) is 7.11 Å². The number of pyridine rings is 1. The van der Waals surface area contributed by atoms with E-state index in [4.69, 9.17) is 4.74 Å². The van der Waals surface area contributed by atoms with Crippen molar-refractivity contribution in [1.29, 1.82) is 5.26 Å². The molecule has 0 aliphatic carbocycles. The van der Waals surface area contributed by atoms with Crippen LogP contribution in [0.5, 0.6) is 11.6 Å². The second kappa shape index (κ2) is 8.34. The average molecular weight is 354 g/mol. The third-order valence-corrected chi connectivity index (χ3v) is 4.36. The van der Waals surface area contributed by atoms with Gasteiger partial charge in [0.1, 0.15) is 17.4 Å². The van der Waals surface area contributed by atoms with Gasteiger partial charge >= 0.3 is 0 Å². The molecule has 0 aliphatic heterocycles. The Morgan fingerprint density at radius 3 is 2.46 bits per heavy atom. The van der Waals surface area contributed by atoms with Crippen LogP contribution in [0.2, 0.25) is 0 Å². The van der Waals surface area contributed by atoms with Gasteiger partial charge in [-0.2, -0.15) is 5.26 Å². The number of rotatable bonds is 7. The van der Waals surface area contributed by atoms with E-state index in [0.29, 0.717) is 17.7 Å². The van der Waals surface area contributed by atoms with Crippen molar-refractivity contribution in [2.24, 2.45) is 0 Å². The first-order chi connectivity index (χ1) is 12.5. The third kappa shape index (κ3) is 3.62. The highest BCUT2D eigenvalue weighted by atomic mass is 16.5. The van der Waals surface area contributed by atoms with E-state index in [1.165, 1.54) is 14.0 Å². The van der Waals surface area contributed by atoms with Crippen LogP contribution in [0.4, 0.5) is 0 Å².